The van der Waals surface area contributed by atoms with Gasteiger partial charge in [0.1, 0.15) is 5.75 Å². The maximum atomic E-state index is 10.9. The molecule has 1 N–H and O–H groups in total. The fourth-order valence-electron chi connectivity index (χ4n) is 1.91. The average molecular weight is 313 g/mol. The van der Waals surface area contributed by atoms with Crippen molar-refractivity contribution in [1.29, 1.82) is 0 Å². The van der Waals surface area contributed by atoms with Gasteiger partial charge in [-0.25, -0.2) is 0 Å². The summed E-state index contributed by atoms with van der Waals surface area (Å²) >= 11 is 3.42. The molecule has 0 amide bonds. The number of hydrogen-bond donors (Lipinski definition) is 1. The van der Waals surface area contributed by atoms with Gasteiger partial charge in [-0.2, -0.15) is 0 Å². The molecule has 2 rings (SSSR count). The van der Waals surface area contributed by atoms with Gasteiger partial charge >= 0.3 is 5.97 Å². The second-order valence-corrected chi connectivity index (χ2v) is 5.78. The monoisotopic (exact) mass is 312 g/mol. The molecule has 18 heavy (non-hydrogen) atoms. The molecule has 0 aromatic heterocycles. The fraction of sp³-hybridized carbons (Fsp3) is 0.500. The van der Waals surface area contributed by atoms with Crippen LogP contribution in [-0.4, -0.2) is 17.2 Å². The highest BCUT2D eigenvalue weighted by Gasteiger charge is 2.21. The maximum absolute atomic E-state index is 10.9. The van der Waals surface area contributed by atoms with Gasteiger partial charge in [-0.1, -0.05) is 22.9 Å². The molecule has 4 heteroatoms. The number of halogens is 1. The molecule has 3 nitrogen and oxygen atoms in total. The molecule has 98 valence electrons. The summed E-state index contributed by atoms with van der Waals surface area (Å²) in [6, 6.07) is 5.81. The third kappa shape index (κ3) is 3.25. The minimum Gasteiger partial charge on any atom is -0.490 e. The first-order chi connectivity index (χ1) is 8.56. The molecule has 1 aromatic rings. The van der Waals surface area contributed by atoms with Crippen molar-refractivity contribution in [3.8, 4) is 5.75 Å². The smallest absolute Gasteiger partial charge is 0.306 e. The highest BCUT2D eigenvalue weighted by atomic mass is 79.9. The van der Waals surface area contributed by atoms with Crippen molar-refractivity contribution < 1.29 is 14.6 Å². The Labute approximate surface area is 115 Å². The lowest BCUT2D eigenvalue weighted by Crippen LogP contribution is -2.25. The molecule has 1 aliphatic carbocycles. The first-order valence-corrected chi connectivity index (χ1v) is 7.03. The zero-order valence-electron chi connectivity index (χ0n) is 10.4. The van der Waals surface area contributed by atoms with E-state index in [2.05, 4.69) is 15.9 Å². The summed E-state index contributed by atoms with van der Waals surface area (Å²) in [6.45, 7) is 1.72. The number of hydrogen-bond acceptors (Lipinski definition) is 2. The van der Waals surface area contributed by atoms with E-state index in [9.17, 15) is 4.79 Å². The molecule has 1 aromatic carbocycles. The number of rotatable bonds is 5. The maximum Gasteiger partial charge on any atom is 0.306 e. The number of benzene rings is 1. The van der Waals surface area contributed by atoms with E-state index in [1.807, 2.05) is 18.2 Å². The Hall–Kier alpha value is -1.03. The van der Waals surface area contributed by atoms with Crippen molar-refractivity contribution in [3.05, 3.63) is 28.2 Å². The zero-order valence-corrected chi connectivity index (χ0v) is 11.9. The van der Waals surface area contributed by atoms with Crippen LogP contribution in [0.25, 0.3) is 0 Å². The summed E-state index contributed by atoms with van der Waals surface area (Å²) < 4.78 is 6.86. The molecule has 0 aliphatic heterocycles. The van der Waals surface area contributed by atoms with Crippen molar-refractivity contribution in [1.82, 2.24) is 0 Å². The van der Waals surface area contributed by atoms with Gasteiger partial charge in [0.15, 0.2) is 0 Å². The topological polar surface area (TPSA) is 46.5 Å². The van der Waals surface area contributed by atoms with Gasteiger partial charge < -0.3 is 9.84 Å². The van der Waals surface area contributed by atoms with E-state index in [1.54, 1.807) is 6.92 Å². The predicted octanol–water partition coefficient (Wildman–Crippen LogP) is 3.64. The second-order valence-electron chi connectivity index (χ2n) is 4.87. The summed E-state index contributed by atoms with van der Waals surface area (Å²) in [7, 11) is 0. The Kier molecular flexibility index (Phi) is 4.27. The number of ether oxygens (including phenoxy) is 1. The molecular formula is C14H17BrO3. The molecule has 1 atom stereocenters. The van der Waals surface area contributed by atoms with Gasteiger partial charge in [-0.15, -0.1) is 0 Å². The van der Waals surface area contributed by atoms with Crippen molar-refractivity contribution in [3.63, 3.8) is 0 Å². The SMILES string of the molecule is CC(Cc1cc(Br)ccc1OC1CCC1)C(=O)O. The molecule has 1 aliphatic rings. The van der Waals surface area contributed by atoms with Gasteiger partial charge in [0, 0.05) is 4.47 Å². The Morgan fingerprint density at radius 3 is 2.83 bits per heavy atom. The largest absolute Gasteiger partial charge is 0.490 e. The Morgan fingerprint density at radius 2 is 2.28 bits per heavy atom. The molecule has 0 heterocycles. The van der Waals surface area contributed by atoms with Crippen molar-refractivity contribution in [2.45, 2.75) is 38.7 Å². The Balaban J connectivity index is 2.14. The third-order valence-electron chi connectivity index (χ3n) is 3.32. The first-order valence-electron chi connectivity index (χ1n) is 6.24. The van der Waals surface area contributed by atoms with Gasteiger partial charge in [0.05, 0.1) is 12.0 Å². The first kappa shape index (κ1) is 13.4. The van der Waals surface area contributed by atoms with E-state index in [1.165, 1.54) is 6.42 Å². The van der Waals surface area contributed by atoms with Crippen LogP contribution in [0, 0.1) is 5.92 Å². The van der Waals surface area contributed by atoms with E-state index < -0.39 is 11.9 Å². The zero-order chi connectivity index (χ0) is 13.1. The molecular weight excluding hydrogens is 296 g/mol. The average Bonchev–Trinajstić information content (AvgIpc) is 2.25. The lowest BCUT2D eigenvalue weighted by atomic mass is 9.95. The van der Waals surface area contributed by atoms with Gasteiger partial charge in [-0.05, 0) is 49.4 Å². The van der Waals surface area contributed by atoms with Crippen LogP contribution in [-0.2, 0) is 11.2 Å². The summed E-state index contributed by atoms with van der Waals surface area (Å²) in [5.41, 5.74) is 0.964. The molecule has 0 bridgehead atoms. The van der Waals surface area contributed by atoms with Crippen LogP contribution in [0.1, 0.15) is 31.7 Å². The molecule has 1 saturated carbocycles. The summed E-state index contributed by atoms with van der Waals surface area (Å²) in [5.74, 6) is -0.344. The Bertz CT molecular complexity index is 441. The van der Waals surface area contributed by atoms with Gasteiger partial charge in [0.2, 0.25) is 0 Å². The summed E-state index contributed by atoms with van der Waals surface area (Å²) in [4.78, 5) is 10.9. The van der Waals surface area contributed by atoms with Crippen LogP contribution in [0.15, 0.2) is 22.7 Å². The van der Waals surface area contributed by atoms with Crippen LogP contribution in [0.2, 0.25) is 0 Å². The minimum absolute atomic E-state index is 0.310. The minimum atomic E-state index is -0.774. The number of carboxylic acid groups (broad SMARTS) is 1. The van der Waals surface area contributed by atoms with Crippen LogP contribution >= 0.6 is 15.9 Å². The van der Waals surface area contributed by atoms with Crippen LogP contribution in [0.5, 0.6) is 5.75 Å². The predicted molar refractivity (Wildman–Crippen MR) is 72.9 cm³/mol. The molecule has 0 spiro atoms. The highest BCUT2D eigenvalue weighted by Crippen LogP contribution is 2.30. The van der Waals surface area contributed by atoms with Crippen molar-refractivity contribution >= 4 is 21.9 Å². The number of carbonyl (C=O) groups is 1. The van der Waals surface area contributed by atoms with Crippen LogP contribution < -0.4 is 4.74 Å². The lowest BCUT2D eigenvalue weighted by molar-refractivity contribution is -0.141. The third-order valence-corrected chi connectivity index (χ3v) is 3.81. The number of aliphatic carboxylic acids is 1. The van der Waals surface area contributed by atoms with Gasteiger partial charge in [0.25, 0.3) is 0 Å². The van der Waals surface area contributed by atoms with Crippen molar-refractivity contribution in [2.75, 3.05) is 0 Å². The normalized spacial score (nSPS) is 17.0. The van der Waals surface area contributed by atoms with Crippen molar-refractivity contribution in [2.24, 2.45) is 5.92 Å². The molecule has 0 radical (unpaired) electrons. The molecule has 1 fully saturated rings. The van der Waals surface area contributed by atoms with Crippen LogP contribution in [0.4, 0.5) is 0 Å². The van der Waals surface area contributed by atoms with Crippen LogP contribution in [0.3, 0.4) is 0 Å². The molecule has 0 saturated heterocycles. The van der Waals surface area contributed by atoms with E-state index in [0.29, 0.717) is 12.5 Å². The van der Waals surface area contributed by atoms with E-state index in [4.69, 9.17) is 9.84 Å². The second kappa shape index (κ2) is 5.74. The van der Waals surface area contributed by atoms with Gasteiger partial charge in [-0.3, -0.25) is 4.79 Å². The van der Waals surface area contributed by atoms with E-state index in [0.717, 1.165) is 28.6 Å². The summed E-state index contributed by atoms with van der Waals surface area (Å²) in [6.07, 6.45) is 4.23. The molecule has 1 unspecified atom stereocenters. The standard InChI is InChI=1S/C14H17BrO3/c1-9(14(16)17)7-10-8-11(15)5-6-13(10)18-12-3-2-4-12/h5-6,8-9,12H,2-4,7H2,1H3,(H,16,17). The highest BCUT2D eigenvalue weighted by molar-refractivity contribution is 9.10. The van der Waals surface area contributed by atoms with E-state index in [-0.39, 0.29) is 0 Å². The lowest BCUT2D eigenvalue weighted by Gasteiger charge is -2.27. The quantitative estimate of drug-likeness (QED) is 0.902. The fourth-order valence-corrected chi connectivity index (χ4v) is 2.32. The Morgan fingerprint density at radius 1 is 1.56 bits per heavy atom. The summed E-state index contributed by atoms with van der Waals surface area (Å²) in [5, 5.41) is 8.99. The number of carboxylic acids is 1. The van der Waals surface area contributed by atoms with E-state index >= 15 is 0 Å².